The molecule has 0 aliphatic carbocycles. The van der Waals surface area contributed by atoms with E-state index < -0.39 is 6.23 Å². The van der Waals surface area contributed by atoms with Gasteiger partial charge in [0.05, 0.1) is 12.7 Å². The van der Waals surface area contributed by atoms with Gasteiger partial charge in [-0.3, -0.25) is 9.36 Å². The molecule has 2 heterocycles. The molecule has 1 atom stereocenters. The largest absolute Gasteiger partial charge is 0.369 e. The predicted octanol–water partition coefficient (Wildman–Crippen LogP) is -0.203. The van der Waals surface area contributed by atoms with Gasteiger partial charge in [-0.15, -0.1) is 0 Å². The fraction of sp³-hybridized carbons (Fsp3) is 0.125. The topological polar surface area (TPSA) is 83.8 Å². The highest BCUT2D eigenvalue weighted by molar-refractivity contribution is 5.68. The zero-order chi connectivity index (χ0) is 10.1. The number of nitrogens with one attached hydrogen (secondary N) is 1. The Balaban J connectivity index is 2.75. The normalized spacial score (nSPS) is 12.9. The van der Waals surface area contributed by atoms with Gasteiger partial charge in [-0.05, 0) is 6.08 Å². The van der Waals surface area contributed by atoms with E-state index in [0.29, 0.717) is 5.65 Å². The highest BCUT2D eigenvalue weighted by atomic mass is 16.3. The van der Waals surface area contributed by atoms with E-state index in [0.717, 1.165) is 0 Å². The van der Waals surface area contributed by atoms with Crippen LogP contribution in [0.15, 0.2) is 30.1 Å². The van der Waals surface area contributed by atoms with Crippen LogP contribution in [0.5, 0.6) is 0 Å². The Kier molecular flexibility index (Phi) is 1.90. The zero-order valence-corrected chi connectivity index (χ0v) is 7.21. The average molecular weight is 192 g/mol. The molecule has 6 heteroatoms. The van der Waals surface area contributed by atoms with Crippen LogP contribution in [0.4, 0.5) is 0 Å². The van der Waals surface area contributed by atoms with Crippen LogP contribution in [0.2, 0.25) is 0 Å². The van der Waals surface area contributed by atoms with Gasteiger partial charge in [0.2, 0.25) is 0 Å². The Morgan fingerprint density at radius 1 is 1.64 bits per heavy atom. The van der Waals surface area contributed by atoms with Gasteiger partial charge < -0.3 is 10.1 Å². The number of nitrogens with zero attached hydrogens (tertiary/aromatic N) is 3. The van der Waals surface area contributed by atoms with Gasteiger partial charge in [0.1, 0.15) is 0 Å². The van der Waals surface area contributed by atoms with Gasteiger partial charge in [-0.2, -0.15) is 0 Å². The third kappa shape index (κ3) is 1.12. The number of aromatic nitrogens is 4. The molecule has 0 aliphatic rings. The molecule has 0 saturated carbocycles. The van der Waals surface area contributed by atoms with Crippen LogP contribution >= 0.6 is 0 Å². The summed E-state index contributed by atoms with van der Waals surface area (Å²) in [5, 5.41) is 9.46. The van der Waals surface area contributed by atoms with E-state index in [1.807, 2.05) is 0 Å². The summed E-state index contributed by atoms with van der Waals surface area (Å²) >= 11 is 0. The number of aromatic amines is 1. The fourth-order valence-corrected chi connectivity index (χ4v) is 1.17. The van der Waals surface area contributed by atoms with Crippen molar-refractivity contribution in [2.24, 2.45) is 0 Å². The number of aliphatic hydroxyl groups excluding tert-OH is 1. The molecule has 2 rings (SSSR count). The summed E-state index contributed by atoms with van der Waals surface area (Å²) in [5.74, 6) is 0. The molecule has 2 aromatic rings. The number of rotatable bonds is 2. The molecule has 0 saturated heterocycles. The van der Waals surface area contributed by atoms with Gasteiger partial charge in [0, 0.05) is 0 Å². The summed E-state index contributed by atoms with van der Waals surface area (Å²) < 4.78 is 1.36. The van der Waals surface area contributed by atoms with E-state index in [1.54, 1.807) is 0 Å². The third-order valence-corrected chi connectivity index (χ3v) is 1.86. The van der Waals surface area contributed by atoms with E-state index >= 15 is 0 Å². The number of fused-ring (bicyclic) bond motifs is 1. The van der Waals surface area contributed by atoms with Crippen molar-refractivity contribution in [1.82, 2.24) is 19.5 Å². The molecule has 1 unspecified atom stereocenters. The number of hydrogen-bond donors (Lipinski definition) is 2. The molecule has 0 bridgehead atoms. The second-order valence-electron chi connectivity index (χ2n) is 2.71. The number of hydrogen-bond acceptors (Lipinski definition) is 4. The maximum atomic E-state index is 11.2. The van der Waals surface area contributed by atoms with Gasteiger partial charge >= 0.3 is 0 Å². The van der Waals surface area contributed by atoms with Crippen molar-refractivity contribution in [3.05, 3.63) is 35.7 Å². The first kappa shape index (κ1) is 8.64. The highest BCUT2D eigenvalue weighted by Crippen LogP contribution is 2.10. The second-order valence-corrected chi connectivity index (χ2v) is 2.71. The summed E-state index contributed by atoms with van der Waals surface area (Å²) in [5.41, 5.74) is 0.208. The first-order valence-corrected chi connectivity index (χ1v) is 3.95. The van der Waals surface area contributed by atoms with E-state index in [9.17, 15) is 9.90 Å². The van der Waals surface area contributed by atoms with E-state index in [4.69, 9.17) is 0 Å². The number of imidazole rings is 1. The van der Waals surface area contributed by atoms with Crippen molar-refractivity contribution < 1.29 is 5.11 Å². The first-order chi connectivity index (χ1) is 6.74. The third-order valence-electron chi connectivity index (χ3n) is 1.86. The molecular weight excluding hydrogens is 184 g/mol. The van der Waals surface area contributed by atoms with Gasteiger partial charge in [-0.1, -0.05) is 6.58 Å². The number of aliphatic hydroxyl groups is 1. The molecule has 2 aromatic heterocycles. The van der Waals surface area contributed by atoms with Crippen LogP contribution in [-0.2, 0) is 0 Å². The van der Waals surface area contributed by atoms with Crippen LogP contribution in [0.1, 0.15) is 6.23 Å². The summed E-state index contributed by atoms with van der Waals surface area (Å²) in [7, 11) is 0. The Morgan fingerprint density at radius 3 is 3.14 bits per heavy atom. The lowest BCUT2D eigenvalue weighted by atomic mass is 10.5. The monoisotopic (exact) mass is 192 g/mol. The SMILES string of the molecule is C=CC(O)n1cnc2c(=O)[nH]cnc21. The molecule has 0 fully saturated rings. The van der Waals surface area contributed by atoms with Crippen molar-refractivity contribution in [2.75, 3.05) is 0 Å². The van der Waals surface area contributed by atoms with Gasteiger partial charge in [0.15, 0.2) is 17.4 Å². The quantitative estimate of drug-likeness (QED) is 0.645. The summed E-state index contributed by atoms with van der Waals surface area (Å²) in [6, 6.07) is 0. The average Bonchev–Trinajstić information content (AvgIpc) is 2.62. The molecule has 0 spiro atoms. The fourth-order valence-electron chi connectivity index (χ4n) is 1.17. The maximum absolute atomic E-state index is 11.2. The van der Waals surface area contributed by atoms with Crippen molar-refractivity contribution >= 4 is 11.2 Å². The Bertz CT molecular complexity index is 527. The molecule has 0 radical (unpaired) electrons. The predicted molar refractivity (Wildman–Crippen MR) is 49.6 cm³/mol. The van der Waals surface area contributed by atoms with E-state index in [2.05, 4.69) is 21.5 Å². The summed E-state index contributed by atoms with van der Waals surface area (Å²) in [6.45, 7) is 3.43. The minimum atomic E-state index is -0.922. The molecule has 72 valence electrons. The van der Waals surface area contributed by atoms with Crippen molar-refractivity contribution in [3.8, 4) is 0 Å². The van der Waals surface area contributed by atoms with Crippen LogP contribution < -0.4 is 5.56 Å². The maximum Gasteiger partial charge on any atom is 0.278 e. The van der Waals surface area contributed by atoms with Gasteiger partial charge in [-0.25, -0.2) is 9.97 Å². The number of H-pyrrole nitrogens is 1. The van der Waals surface area contributed by atoms with Crippen molar-refractivity contribution in [1.29, 1.82) is 0 Å². The Morgan fingerprint density at radius 2 is 2.43 bits per heavy atom. The van der Waals surface area contributed by atoms with Crippen LogP contribution in [0.25, 0.3) is 11.2 Å². The minimum absolute atomic E-state index is 0.202. The standard InChI is InChI=1S/C8H8N4O2/c1-2-5(13)12-4-11-6-7(12)9-3-10-8(6)14/h2-5,13H,1H2,(H,9,10,14). The van der Waals surface area contributed by atoms with Crippen LogP contribution in [0.3, 0.4) is 0 Å². The molecule has 6 nitrogen and oxygen atoms in total. The Hall–Kier alpha value is -1.95. The molecular formula is C8H8N4O2. The molecule has 0 amide bonds. The van der Waals surface area contributed by atoms with Crippen molar-refractivity contribution in [2.45, 2.75) is 6.23 Å². The van der Waals surface area contributed by atoms with E-state index in [1.165, 1.54) is 23.3 Å². The second kappa shape index (κ2) is 3.08. The Labute approximate surface area is 78.6 Å². The van der Waals surface area contributed by atoms with Gasteiger partial charge in [0.25, 0.3) is 5.56 Å². The van der Waals surface area contributed by atoms with E-state index in [-0.39, 0.29) is 11.1 Å². The molecule has 0 aliphatic heterocycles. The molecule has 14 heavy (non-hydrogen) atoms. The zero-order valence-electron chi connectivity index (χ0n) is 7.21. The molecule has 0 aromatic carbocycles. The minimum Gasteiger partial charge on any atom is -0.369 e. The smallest absolute Gasteiger partial charge is 0.278 e. The van der Waals surface area contributed by atoms with Crippen LogP contribution in [-0.4, -0.2) is 24.6 Å². The lowest BCUT2D eigenvalue weighted by Crippen LogP contribution is -2.09. The summed E-state index contributed by atoms with van der Waals surface area (Å²) in [4.78, 5) is 21.4. The van der Waals surface area contributed by atoms with Crippen molar-refractivity contribution in [3.63, 3.8) is 0 Å². The highest BCUT2D eigenvalue weighted by Gasteiger charge is 2.10. The molecule has 2 N–H and O–H groups in total. The lowest BCUT2D eigenvalue weighted by Gasteiger charge is -2.05. The first-order valence-electron chi connectivity index (χ1n) is 3.95. The lowest BCUT2D eigenvalue weighted by molar-refractivity contribution is 0.158. The summed E-state index contributed by atoms with van der Waals surface area (Å²) in [6.07, 6.45) is 3.01. The van der Waals surface area contributed by atoms with Crippen LogP contribution in [0, 0.1) is 0 Å².